The molecule has 0 bridgehead atoms. The Morgan fingerprint density at radius 3 is 2.86 bits per heavy atom. The number of fused-ring (bicyclic) bond motifs is 1. The molecule has 29 heavy (non-hydrogen) atoms. The van der Waals surface area contributed by atoms with Gasteiger partial charge in [0.05, 0.1) is 18.3 Å². The molecule has 0 amide bonds. The van der Waals surface area contributed by atoms with Crippen molar-refractivity contribution < 1.29 is 4.42 Å². The lowest BCUT2D eigenvalue weighted by Gasteiger charge is -2.23. The third-order valence-corrected chi connectivity index (χ3v) is 5.87. The largest absolute Gasteiger partial charge is 0.420 e. The first-order valence-electron chi connectivity index (χ1n) is 9.23. The van der Waals surface area contributed by atoms with Gasteiger partial charge in [-0.3, -0.25) is 4.79 Å². The molecule has 4 aromatic rings. The van der Waals surface area contributed by atoms with Gasteiger partial charge in [0, 0.05) is 23.1 Å². The third kappa shape index (κ3) is 3.83. The third-order valence-electron chi connectivity index (χ3n) is 4.96. The van der Waals surface area contributed by atoms with Crippen molar-refractivity contribution in [3.8, 4) is 11.5 Å². The summed E-state index contributed by atoms with van der Waals surface area (Å²) in [6, 6.07) is 1.64. The number of thiazole rings is 1. The van der Waals surface area contributed by atoms with E-state index in [1.165, 1.54) is 0 Å². The molecule has 4 aromatic heterocycles. The zero-order valence-corrected chi connectivity index (χ0v) is 17.3. The number of halogens is 1. The van der Waals surface area contributed by atoms with Crippen molar-refractivity contribution in [1.29, 1.82) is 0 Å². The van der Waals surface area contributed by atoms with E-state index in [2.05, 4.69) is 30.6 Å². The minimum absolute atomic E-state index is 0. The number of aromatic nitrogens is 6. The zero-order valence-electron chi connectivity index (χ0n) is 15.7. The summed E-state index contributed by atoms with van der Waals surface area (Å²) in [4.78, 5) is 20.6. The summed E-state index contributed by atoms with van der Waals surface area (Å²) in [5.74, 6) is 1.13. The second-order valence-corrected chi connectivity index (χ2v) is 8.26. The van der Waals surface area contributed by atoms with Crippen LogP contribution < -0.4 is 10.9 Å². The highest BCUT2D eigenvalue weighted by Gasteiger charge is 2.22. The predicted octanol–water partition coefficient (Wildman–Crippen LogP) is 2.32. The number of rotatable bonds is 4. The predicted molar refractivity (Wildman–Crippen MR) is 111 cm³/mol. The lowest BCUT2D eigenvalue weighted by Crippen LogP contribution is -2.28. The van der Waals surface area contributed by atoms with Crippen LogP contribution in [0.5, 0.6) is 0 Å². The van der Waals surface area contributed by atoms with Crippen molar-refractivity contribution in [2.45, 2.75) is 32.1 Å². The number of aryl methyl sites for hydroxylation is 1. The van der Waals surface area contributed by atoms with Gasteiger partial charge in [-0.1, -0.05) is 0 Å². The van der Waals surface area contributed by atoms with E-state index in [-0.39, 0.29) is 18.0 Å². The van der Waals surface area contributed by atoms with Gasteiger partial charge in [-0.05, 0) is 32.9 Å². The van der Waals surface area contributed by atoms with Crippen molar-refractivity contribution in [2.75, 3.05) is 13.1 Å². The van der Waals surface area contributed by atoms with E-state index in [1.54, 1.807) is 28.1 Å². The Morgan fingerprint density at radius 2 is 2.10 bits per heavy atom. The Hall–Kier alpha value is -2.56. The first kappa shape index (κ1) is 19.7. The second kappa shape index (κ2) is 8.05. The van der Waals surface area contributed by atoms with Gasteiger partial charge in [0.1, 0.15) is 16.2 Å². The number of H-pyrrole nitrogens is 1. The molecular weight excluding hydrogens is 414 g/mol. The minimum Gasteiger partial charge on any atom is -0.420 e. The quantitative estimate of drug-likeness (QED) is 0.507. The van der Waals surface area contributed by atoms with Crippen LogP contribution in [0.25, 0.3) is 17.1 Å². The van der Waals surface area contributed by atoms with Crippen LogP contribution in [-0.4, -0.2) is 42.9 Å². The van der Waals surface area contributed by atoms with E-state index in [0.717, 1.165) is 41.5 Å². The molecule has 1 saturated heterocycles. The van der Waals surface area contributed by atoms with E-state index in [0.29, 0.717) is 35.3 Å². The maximum Gasteiger partial charge on any atom is 0.253 e. The highest BCUT2D eigenvalue weighted by Crippen LogP contribution is 2.28. The summed E-state index contributed by atoms with van der Waals surface area (Å²) in [6.07, 6.45) is 5.94. The molecule has 9 nitrogen and oxygen atoms in total. The smallest absolute Gasteiger partial charge is 0.253 e. The fraction of sp³-hybridized carbons (Fsp3) is 0.389. The molecule has 0 saturated carbocycles. The van der Waals surface area contributed by atoms with Crippen molar-refractivity contribution in [3.63, 3.8) is 0 Å². The second-order valence-electron chi connectivity index (χ2n) is 6.94. The number of piperidine rings is 1. The molecule has 0 atom stereocenters. The molecule has 0 spiro atoms. The van der Waals surface area contributed by atoms with Gasteiger partial charge in [-0.15, -0.1) is 33.9 Å². The number of nitrogens with one attached hydrogen (secondary N) is 2. The maximum atomic E-state index is 12.3. The van der Waals surface area contributed by atoms with Crippen molar-refractivity contribution in [1.82, 2.24) is 35.1 Å². The average molecular weight is 434 g/mol. The van der Waals surface area contributed by atoms with Crippen LogP contribution in [0.15, 0.2) is 27.7 Å². The Kier molecular flexibility index (Phi) is 5.48. The van der Waals surface area contributed by atoms with E-state index in [4.69, 9.17) is 4.42 Å². The number of hydrogen-bond donors (Lipinski definition) is 2. The standard InChI is InChI=1S/C18H19N7O2S.ClH/c1-10-8-20-16(28-10)7-15-23-24-18(27-15)12-9-21-25-13(6-14(26)22-17(12)25)11-2-4-19-5-3-11;/h6,8-9,11,19H,2-5,7H2,1H3,(H,22,26);1H. The Bertz CT molecular complexity index is 1190. The fourth-order valence-corrected chi connectivity index (χ4v) is 4.40. The highest BCUT2D eigenvalue weighted by atomic mass is 35.5. The van der Waals surface area contributed by atoms with E-state index >= 15 is 0 Å². The summed E-state index contributed by atoms with van der Waals surface area (Å²) >= 11 is 1.60. The molecular formula is C18H20ClN7O2S. The van der Waals surface area contributed by atoms with Crippen molar-refractivity contribution >= 4 is 29.4 Å². The average Bonchev–Trinajstić information content (AvgIpc) is 3.42. The van der Waals surface area contributed by atoms with Gasteiger partial charge in [-0.25, -0.2) is 9.50 Å². The highest BCUT2D eigenvalue weighted by molar-refractivity contribution is 7.11. The molecule has 0 aromatic carbocycles. The van der Waals surface area contributed by atoms with Crippen LogP contribution in [0.3, 0.4) is 0 Å². The van der Waals surface area contributed by atoms with Crippen LogP contribution in [0.1, 0.15) is 40.2 Å². The topological polar surface area (TPSA) is 114 Å². The van der Waals surface area contributed by atoms with Crippen LogP contribution >= 0.6 is 23.7 Å². The minimum atomic E-state index is -0.152. The normalized spacial score (nSPS) is 14.9. The summed E-state index contributed by atoms with van der Waals surface area (Å²) < 4.78 is 7.63. The first-order valence-corrected chi connectivity index (χ1v) is 10.0. The van der Waals surface area contributed by atoms with Gasteiger partial charge in [0.25, 0.3) is 11.4 Å². The maximum absolute atomic E-state index is 12.3. The zero-order chi connectivity index (χ0) is 19.1. The van der Waals surface area contributed by atoms with Gasteiger partial charge >= 0.3 is 0 Å². The molecule has 1 aliphatic heterocycles. The number of hydrogen-bond acceptors (Lipinski definition) is 8. The molecule has 5 heterocycles. The summed E-state index contributed by atoms with van der Waals surface area (Å²) in [7, 11) is 0. The number of aromatic amines is 1. The summed E-state index contributed by atoms with van der Waals surface area (Å²) in [5, 5.41) is 17.1. The van der Waals surface area contributed by atoms with E-state index in [9.17, 15) is 4.79 Å². The summed E-state index contributed by atoms with van der Waals surface area (Å²) in [5.41, 5.74) is 1.98. The van der Waals surface area contributed by atoms with Crippen molar-refractivity contribution in [2.24, 2.45) is 0 Å². The lowest BCUT2D eigenvalue weighted by atomic mass is 9.94. The SMILES string of the molecule is Cc1cnc(Cc2nnc(-c3cnn4c(C5CCNCC5)cc(=O)[nH]c34)o2)s1.Cl. The summed E-state index contributed by atoms with van der Waals surface area (Å²) in [6.45, 7) is 3.89. The fourth-order valence-electron chi connectivity index (χ4n) is 3.62. The van der Waals surface area contributed by atoms with Gasteiger partial charge < -0.3 is 14.7 Å². The van der Waals surface area contributed by atoms with Crippen molar-refractivity contribution in [3.05, 3.63) is 50.3 Å². The van der Waals surface area contributed by atoms with Crippen LogP contribution in [0.4, 0.5) is 0 Å². The van der Waals surface area contributed by atoms with Crippen LogP contribution in [0.2, 0.25) is 0 Å². The van der Waals surface area contributed by atoms with Gasteiger partial charge in [0.15, 0.2) is 0 Å². The van der Waals surface area contributed by atoms with E-state index < -0.39 is 0 Å². The molecule has 0 aliphatic carbocycles. The first-order chi connectivity index (χ1) is 13.7. The molecule has 152 valence electrons. The van der Waals surface area contributed by atoms with Crippen LogP contribution in [-0.2, 0) is 6.42 Å². The number of nitrogens with zero attached hydrogens (tertiary/aromatic N) is 5. The van der Waals surface area contributed by atoms with Gasteiger partial charge in [0.2, 0.25) is 5.89 Å². The molecule has 5 rings (SSSR count). The van der Waals surface area contributed by atoms with Gasteiger partial charge in [-0.2, -0.15) is 5.10 Å². The Labute approximate surface area is 176 Å². The van der Waals surface area contributed by atoms with E-state index in [1.807, 2.05) is 13.1 Å². The molecule has 1 fully saturated rings. The lowest BCUT2D eigenvalue weighted by molar-refractivity contribution is 0.446. The molecule has 1 aliphatic rings. The van der Waals surface area contributed by atoms with Crippen LogP contribution in [0, 0.1) is 6.92 Å². The molecule has 2 N–H and O–H groups in total. The molecule has 0 radical (unpaired) electrons. The Balaban J connectivity index is 0.00000205. The Morgan fingerprint density at radius 1 is 1.28 bits per heavy atom. The molecule has 0 unspecified atom stereocenters. The monoisotopic (exact) mass is 433 g/mol. The molecule has 11 heteroatoms.